The van der Waals surface area contributed by atoms with Crippen LogP contribution < -0.4 is 5.32 Å². The molecule has 0 radical (unpaired) electrons. The molecule has 1 unspecified atom stereocenters. The Hall–Kier alpha value is -3.29. The van der Waals surface area contributed by atoms with Crippen LogP contribution in [0.2, 0.25) is 0 Å². The fourth-order valence-electron chi connectivity index (χ4n) is 4.05. The van der Waals surface area contributed by atoms with Gasteiger partial charge in [-0.15, -0.1) is 11.3 Å². The normalized spacial score (nSPS) is 19.8. The van der Waals surface area contributed by atoms with Crippen molar-refractivity contribution >= 4 is 23.2 Å². The highest BCUT2D eigenvalue weighted by atomic mass is 32.1. The van der Waals surface area contributed by atoms with Gasteiger partial charge in [0.25, 0.3) is 11.8 Å². The number of hydrogen-bond donors (Lipinski definition) is 1. The predicted molar refractivity (Wildman–Crippen MR) is 119 cm³/mol. The van der Waals surface area contributed by atoms with Gasteiger partial charge in [0, 0.05) is 37.6 Å². The molecule has 1 aliphatic heterocycles. The number of alkyl halides is 5. The maximum atomic E-state index is 14.5. The number of piperidine rings is 1. The number of halogens is 6. The average molecular weight is 530 g/mol. The minimum absolute atomic E-state index is 0.0922. The van der Waals surface area contributed by atoms with Gasteiger partial charge in [-0.1, -0.05) is 6.92 Å². The quantitative estimate of drug-likeness (QED) is 0.465. The van der Waals surface area contributed by atoms with Gasteiger partial charge in [-0.05, 0) is 18.9 Å². The molecule has 1 aliphatic rings. The molecule has 14 heteroatoms. The molecule has 7 nitrogen and oxygen atoms in total. The summed E-state index contributed by atoms with van der Waals surface area (Å²) in [5.41, 5.74) is -1.02. The second-order valence-electron chi connectivity index (χ2n) is 8.48. The number of carbonyl (C=O) groups excluding carboxylic acids is 1. The van der Waals surface area contributed by atoms with Gasteiger partial charge in [0.05, 0.1) is 33.7 Å². The van der Waals surface area contributed by atoms with Crippen molar-refractivity contribution in [1.29, 1.82) is 0 Å². The van der Waals surface area contributed by atoms with E-state index in [9.17, 15) is 31.1 Å². The van der Waals surface area contributed by atoms with Crippen LogP contribution in [0.3, 0.4) is 0 Å². The topological polar surface area (TPSA) is 83.9 Å². The zero-order valence-corrected chi connectivity index (χ0v) is 19.8. The third-order valence-corrected chi connectivity index (χ3v) is 6.67. The number of rotatable bonds is 5. The van der Waals surface area contributed by atoms with E-state index in [1.165, 1.54) is 6.20 Å². The van der Waals surface area contributed by atoms with E-state index in [1.54, 1.807) is 13.8 Å². The molecular weight excluding hydrogens is 510 g/mol. The lowest BCUT2D eigenvalue weighted by Gasteiger charge is -2.43. The third-order valence-electron chi connectivity index (χ3n) is 5.68. The molecule has 1 amide bonds. The Kier molecular flexibility index (Phi) is 6.90. The number of pyridine rings is 1. The summed E-state index contributed by atoms with van der Waals surface area (Å²) in [5, 5.41) is 3.20. The van der Waals surface area contributed by atoms with E-state index < -0.39 is 54.3 Å². The number of amides is 1. The highest BCUT2D eigenvalue weighted by Gasteiger charge is 2.47. The zero-order valence-electron chi connectivity index (χ0n) is 19.0. The molecule has 4 rings (SSSR count). The van der Waals surface area contributed by atoms with Crippen LogP contribution in [-0.4, -0.2) is 55.8 Å². The van der Waals surface area contributed by atoms with Crippen molar-refractivity contribution < 1.29 is 31.1 Å². The summed E-state index contributed by atoms with van der Waals surface area (Å²) in [7, 11) is 0. The molecule has 1 saturated heterocycles. The molecular formula is C22H20F6N6OS. The predicted octanol–water partition coefficient (Wildman–Crippen LogP) is 5.06. The van der Waals surface area contributed by atoms with E-state index in [0.29, 0.717) is 17.4 Å². The van der Waals surface area contributed by atoms with Gasteiger partial charge >= 0.3 is 6.18 Å². The molecule has 0 spiro atoms. The molecule has 0 saturated carbocycles. The Bertz CT molecular complexity index is 1250. The number of aryl methyl sites for hydroxylation is 1. The molecule has 3 aromatic heterocycles. The Morgan fingerprint density at radius 2 is 1.94 bits per heavy atom. The minimum Gasteiger partial charge on any atom is -0.352 e. The summed E-state index contributed by atoms with van der Waals surface area (Å²) >= 11 is 1.08. The van der Waals surface area contributed by atoms with E-state index in [1.807, 2.05) is 0 Å². The van der Waals surface area contributed by atoms with Crippen LogP contribution in [0.15, 0.2) is 30.7 Å². The summed E-state index contributed by atoms with van der Waals surface area (Å²) in [6.07, 6.45) is -2.67. The van der Waals surface area contributed by atoms with Crippen LogP contribution in [0.4, 0.5) is 32.3 Å². The minimum atomic E-state index is -4.61. The summed E-state index contributed by atoms with van der Waals surface area (Å²) in [6.45, 7) is 2.20. The molecule has 3 aromatic rings. The van der Waals surface area contributed by atoms with E-state index in [4.69, 9.17) is 0 Å². The van der Waals surface area contributed by atoms with Gasteiger partial charge in [-0.2, -0.15) is 13.2 Å². The van der Waals surface area contributed by atoms with Gasteiger partial charge < -0.3 is 10.2 Å². The first-order valence-corrected chi connectivity index (χ1v) is 11.6. The summed E-state index contributed by atoms with van der Waals surface area (Å²) in [4.78, 5) is 30.3. The lowest BCUT2D eigenvalue weighted by atomic mass is 9.88. The van der Waals surface area contributed by atoms with E-state index >= 15 is 0 Å². The number of carbonyl (C=O) groups is 1. The first-order chi connectivity index (χ1) is 16.8. The van der Waals surface area contributed by atoms with Crippen molar-refractivity contribution in [3.05, 3.63) is 52.8 Å². The smallest absolute Gasteiger partial charge is 0.352 e. The Labute approximate surface area is 205 Å². The maximum absolute atomic E-state index is 14.5. The highest BCUT2D eigenvalue weighted by molar-refractivity contribution is 7.15. The van der Waals surface area contributed by atoms with E-state index in [0.717, 1.165) is 28.4 Å². The second kappa shape index (κ2) is 9.64. The number of nitrogens with zero attached hydrogens (tertiary/aromatic N) is 5. The third kappa shape index (κ3) is 5.58. The fraction of sp³-hybridized carbons (Fsp3) is 0.409. The Morgan fingerprint density at radius 1 is 1.25 bits per heavy atom. The number of thiazole rings is 1. The van der Waals surface area contributed by atoms with Crippen LogP contribution in [0, 0.1) is 18.7 Å². The van der Waals surface area contributed by atoms with Crippen LogP contribution in [0.1, 0.15) is 34.4 Å². The van der Waals surface area contributed by atoms with Crippen molar-refractivity contribution in [2.75, 3.05) is 18.4 Å². The summed E-state index contributed by atoms with van der Waals surface area (Å²) in [6, 6.07) is 1.48. The zero-order chi connectivity index (χ0) is 26.3. The molecule has 0 bridgehead atoms. The van der Waals surface area contributed by atoms with Crippen LogP contribution in [-0.2, 0) is 6.18 Å². The number of nitrogens with one attached hydrogen (secondary N) is 1. The molecule has 36 heavy (non-hydrogen) atoms. The van der Waals surface area contributed by atoms with Gasteiger partial charge in [-0.25, -0.2) is 28.1 Å². The molecule has 1 fully saturated rings. The van der Waals surface area contributed by atoms with Crippen LogP contribution >= 0.6 is 11.3 Å². The van der Waals surface area contributed by atoms with E-state index in [-0.39, 0.29) is 28.8 Å². The van der Waals surface area contributed by atoms with Gasteiger partial charge in [0.2, 0.25) is 5.95 Å². The molecule has 0 aliphatic carbocycles. The second-order valence-corrected chi connectivity index (χ2v) is 9.68. The number of anilines is 1. The fourth-order valence-corrected chi connectivity index (χ4v) is 4.93. The van der Waals surface area contributed by atoms with Crippen molar-refractivity contribution in [3.8, 4) is 10.6 Å². The Balaban J connectivity index is 1.61. The summed E-state index contributed by atoms with van der Waals surface area (Å²) < 4.78 is 81.1. The molecule has 4 heterocycles. The van der Waals surface area contributed by atoms with Gasteiger partial charge in [0.15, 0.2) is 0 Å². The SMILES string of the molecule is Cc1nc(C(=O)N2CC(F)(F)C[C@@H](C)C2CNc2ncc(C(F)(F)F)cn2)c(-c2cc(F)ccn2)s1. The summed E-state index contributed by atoms with van der Waals surface area (Å²) in [5.74, 6) is -5.36. The van der Waals surface area contributed by atoms with Gasteiger partial charge in [-0.3, -0.25) is 9.78 Å². The first-order valence-electron chi connectivity index (χ1n) is 10.8. The van der Waals surface area contributed by atoms with Crippen molar-refractivity contribution in [3.63, 3.8) is 0 Å². The standard InChI is InChI=1S/C22H20F6N6OS/c1-11-6-21(24,25)10-34(16(11)9-32-20-30-7-13(8-31-20)22(26,27)28)19(35)17-18(36-12(2)33-17)15-5-14(23)3-4-29-15/h3-5,7-8,11,16H,6,9-10H2,1-2H3,(H,30,31,32)/t11-,16?/m1/s1. The van der Waals surface area contributed by atoms with Crippen LogP contribution in [0.25, 0.3) is 10.6 Å². The van der Waals surface area contributed by atoms with Crippen LogP contribution in [0.5, 0.6) is 0 Å². The number of likely N-dealkylation sites (tertiary alicyclic amines) is 1. The molecule has 0 aromatic carbocycles. The number of hydrogen-bond acceptors (Lipinski definition) is 7. The largest absolute Gasteiger partial charge is 0.419 e. The molecule has 192 valence electrons. The molecule has 2 atom stereocenters. The van der Waals surface area contributed by atoms with Crippen molar-refractivity contribution in [1.82, 2.24) is 24.8 Å². The highest BCUT2D eigenvalue weighted by Crippen LogP contribution is 2.37. The monoisotopic (exact) mass is 530 g/mol. The van der Waals surface area contributed by atoms with Crippen molar-refractivity contribution in [2.24, 2.45) is 5.92 Å². The number of aromatic nitrogens is 4. The molecule has 1 N–H and O–H groups in total. The lowest BCUT2D eigenvalue weighted by Crippen LogP contribution is -2.57. The average Bonchev–Trinajstić information content (AvgIpc) is 3.18. The Morgan fingerprint density at radius 3 is 2.58 bits per heavy atom. The lowest BCUT2D eigenvalue weighted by molar-refractivity contribution is -0.138. The van der Waals surface area contributed by atoms with Gasteiger partial charge in [0.1, 0.15) is 11.5 Å². The van der Waals surface area contributed by atoms with Crippen molar-refractivity contribution in [2.45, 2.75) is 38.4 Å². The first kappa shape index (κ1) is 25.8. The van der Waals surface area contributed by atoms with E-state index in [2.05, 4.69) is 25.3 Å². The maximum Gasteiger partial charge on any atom is 0.419 e.